The van der Waals surface area contributed by atoms with Crippen molar-refractivity contribution in [2.24, 2.45) is 0 Å². The second-order valence-corrected chi connectivity index (χ2v) is 3.12. The summed E-state index contributed by atoms with van der Waals surface area (Å²) in [6.45, 7) is 5.87. The highest BCUT2D eigenvalue weighted by molar-refractivity contribution is 5.45. The molecule has 0 aliphatic heterocycles. The topological polar surface area (TPSA) is 77.8 Å². The lowest BCUT2D eigenvalue weighted by Gasteiger charge is -2.09. The largest absolute Gasteiger partial charge is 0.382 e. The molecule has 0 aliphatic carbocycles. The number of aryl methyl sites for hydroxylation is 1. The molecule has 0 fully saturated rings. The summed E-state index contributed by atoms with van der Waals surface area (Å²) in [6.07, 6.45) is 0. The summed E-state index contributed by atoms with van der Waals surface area (Å²) in [5, 5.41) is 0. The monoisotopic (exact) mass is 166 g/mol. The molecule has 1 heterocycles. The summed E-state index contributed by atoms with van der Waals surface area (Å²) in [6, 6.07) is 0. The predicted octanol–water partition coefficient (Wildman–Crippen LogP) is 1.07. The Kier molecular flexibility index (Phi) is 2.17. The van der Waals surface area contributed by atoms with Gasteiger partial charge >= 0.3 is 0 Å². The Morgan fingerprint density at radius 1 is 1.08 bits per heavy atom. The average Bonchev–Trinajstić information content (AvgIpc) is 1.96. The van der Waals surface area contributed by atoms with Gasteiger partial charge in [-0.05, 0) is 12.8 Å². The van der Waals surface area contributed by atoms with Crippen LogP contribution in [0.1, 0.15) is 31.2 Å². The lowest BCUT2D eigenvalue weighted by Crippen LogP contribution is -2.07. The van der Waals surface area contributed by atoms with Gasteiger partial charge in [0.25, 0.3) is 0 Å². The predicted molar refractivity (Wildman–Crippen MR) is 49.7 cm³/mol. The van der Waals surface area contributed by atoms with E-state index in [1.807, 2.05) is 20.8 Å². The number of rotatable bonds is 1. The lowest BCUT2D eigenvalue weighted by atomic mass is 10.1. The second-order valence-electron chi connectivity index (χ2n) is 3.12. The standard InChI is InChI=1S/C8H14N4/c1-4(2)6-8(10)12-7(9)5(3)11-6/h4H,1-3H3,(H4,9,10,12). The van der Waals surface area contributed by atoms with E-state index in [-0.39, 0.29) is 5.92 Å². The number of hydrogen-bond acceptors (Lipinski definition) is 4. The first-order valence-electron chi connectivity index (χ1n) is 3.92. The highest BCUT2D eigenvalue weighted by Crippen LogP contribution is 2.19. The molecule has 0 atom stereocenters. The van der Waals surface area contributed by atoms with Gasteiger partial charge in [0.1, 0.15) is 11.6 Å². The Morgan fingerprint density at radius 2 is 1.67 bits per heavy atom. The highest BCUT2D eigenvalue weighted by atomic mass is 15.0. The first kappa shape index (κ1) is 8.77. The van der Waals surface area contributed by atoms with E-state index < -0.39 is 0 Å². The maximum absolute atomic E-state index is 5.64. The molecule has 0 radical (unpaired) electrons. The molecule has 0 unspecified atom stereocenters. The van der Waals surface area contributed by atoms with Gasteiger partial charge in [-0.2, -0.15) is 0 Å². The summed E-state index contributed by atoms with van der Waals surface area (Å²) >= 11 is 0. The molecule has 1 rings (SSSR count). The molecule has 0 aliphatic rings. The Balaban J connectivity index is 3.23. The van der Waals surface area contributed by atoms with Gasteiger partial charge in [0.15, 0.2) is 0 Å². The van der Waals surface area contributed by atoms with Crippen molar-refractivity contribution in [2.45, 2.75) is 26.7 Å². The van der Waals surface area contributed by atoms with Crippen molar-refractivity contribution in [2.75, 3.05) is 11.5 Å². The minimum absolute atomic E-state index is 0.289. The van der Waals surface area contributed by atoms with Gasteiger partial charge in [0.2, 0.25) is 0 Å². The van der Waals surface area contributed by atoms with E-state index >= 15 is 0 Å². The van der Waals surface area contributed by atoms with Gasteiger partial charge in [-0.1, -0.05) is 13.8 Å². The zero-order valence-electron chi connectivity index (χ0n) is 7.63. The molecule has 0 amide bonds. The van der Waals surface area contributed by atoms with Crippen LogP contribution in [0.3, 0.4) is 0 Å². The van der Waals surface area contributed by atoms with E-state index in [1.54, 1.807) is 0 Å². The molecular weight excluding hydrogens is 152 g/mol. The Morgan fingerprint density at radius 3 is 2.17 bits per heavy atom. The molecular formula is C8H14N4. The molecule has 0 bridgehead atoms. The summed E-state index contributed by atoms with van der Waals surface area (Å²) in [5.41, 5.74) is 12.7. The van der Waals surface area contributed by atoms with E-state index in [9.17, 15) is 0 Å². The van der Waals surface area contributed by atoms with Crippen LogP contribution in [0.4, 0.5) is 11.6 Å². The van der Waals surface area contributed by atoms with Crippen LogP contribution in [0.5, 0.6) is 0 Å². The Bertz CT molecular complexity index is 293. The molecule has 0 spiro atoms. The van der Waals surface area contributed by atoms with Crippen molar-refractivity contribution in [1.29, 1.82) is 0 Å². The first-order chi connectivity index (χ1) is 5.52. The molecule has 0 aromatic carbocycles. The van der Waals surface area contributed by atoms with E-state index in [0.717, 1.165) is 11.4 Å². The van der Waals surface area contributed by atoms with Crippen molar-refractivity contribution in [3.05, 3.63) is 11.4 Å². The number of hydrogen-bond donors (Lipinski definition) is 2. The lowest BCUT2D eigenvalue weighted by molar-refractivity contribution is 0.811. The van der Waals surface area contributed by atoms with Gasteiger partial charge in [0, 0.05) is 0 Å². The smallest absolute Gasteiger partial charge is 0.147 e. The number of aromatic nitrogens is 2. The van der Waals surface area contributed by atoms with Crippen LogP contribution in [0, 0.1) is 6.92 Å². The minimum Gasteiger partial charge on any atom is -0.382 e. The van der Waals surface area contributed by atoms with Crippen LogP contribution in [0.2, 0.25) is 0 Å². The molecule has 4 heteroatoms. The number of nitrogens with two attached hydrogens (primary N) is 2. The minimum atomic E-state index is 0.289. The second kappa shape index (κ2) is 2.97. The van der Waals surface area contributed by atoms with Crippen molar-refractivity contribution >= 4 is 11.6 Å². The van der Waals surface area contributed by atoms with Crippen molar-refractivity contribution in [3.63, 3.8) is 0 Å². The van der Waals surface area contributed by atoms with Crippen LogP contribution < -0.4 is 11.5 Å². The van der Waals surface area contributed by atoms with Crippen molar-refractivity contribution in [3.8, 4) is 0 Å². The van der Waals surface area contributed by atoms with Crippen LogP contribution in [0.15, 0.2) is 0 Å². The Hall–Kier alpha value is -1.32. The summed E-state index contributed by atoms with van der Waals surface area (Å²) < 4.78 is 0. The maximum atomic E-state index is 5.64. The molecule has 66 valence electrons. The molecule has 4 N–H and O–H groups in total. The van der Waals surface area contributed by atoms with Crippen LogP contribution in [0.25, 0.3) is 0 Å². The fourth-order valence-corrected chi connectivity index (χ4v) is 0.988. The normalized spacial score (nSPS) is 10.7. The number of nitrogen functional groups attached to an aromatic ring is 2. The molecule has 0 saturated heterocycles. The third-order valence-corrected chi connectivity index (χ3v) is 1.71. The maximum Gasteiger partial charge on any atom is 0.147 e. The van der Waals surface area contributed by atoms with E-state index in [1.165, 1.54) is 0 Å². The van der Waals surface area contributed by atoms with Crippen molar-refractivity contribution in [1.82, 2.24) is 9.97 Å². The van der Waals surface area contributed by atoms with Crippen LogP contribution in [-0.2, 0) is 0 Å². The third kappa shape index (κ3) is 1.47. The molecule has 1 aromatic heterocycles. The van der Waals surface area contributed by atoms with Gasteiger partial charge in [-0.3, -0.25) is 4.98 Å². The van der Waals surface area contributed by atoms with Crippen LogP contribution in [-0.4, -0.2) is 9.97 Å². The van der Waals surface area contributed by atoms with E-state index in [0.29, 0.717) is 11.6 Å². The van der Waals surface area contributed by atoms with E-state index in [4.69, 9.17) is 11.5 Å². The average molecular weight is 166 g/mol. The third-order valence-electron chi connectivity index (χ3n) is 1.71. The number of nitrogens with zero attached hydrogens (tertiary/aromatic N) is 2. The first-order valence-corrected chi connectivity index (χ1v) is 3.92. The molecule has 4 nitrogen and oxygen atoms in total. The van der Waals surface area contributed by atoms with E-state index in [2.05, 4.69) is 9.97 Å². The molecule has 0 saturated carbocycles. The zero-order valence-corrected chi connectivity index (χ0v) is 7.63. The summed E-state index contributed by atoms with van der Waals surface area (Å²) in [4.78, 5) is 8.25. The zero-order chi connectivity index (χ0) is 9.30. The van der Waals surface area contributed by atoms with Gasteiger partial charge in [-0.25, -0.2) is 4.98 Å². The van der Waals surface area contributed by atoms with Crippen molar-refractivity contribution < 1.29 is 0 Å². The molecule has 12 heavy (non-hydrogen) atoms. The number of anilines is 2. The van der Waals surface area contributed by atoms with Gasteiger partial charge in [-0.15, -0.1) is 0 Å². The fourth-order valence-electron chi connectivity index (χ4n) is 0.988. The summed E-state index contributed by atoms with van der Waals surface area (Å²) in [7, 11) is 0. The SMILES string of the molecule is Cc1nc(C(C)C)c(N)nc1N. The molecule has 1 aromatic rings. The van der Waals surface area contributed by atoms with Crippen LogP contribution >= 0.6 is 0 Å². The highest BCUT2D eigenvalue weighted by Gasteiger charge is 2.09. The fraction of sp³-hybridized carbons (Fsp3) is 0.500. The Labute approximate surface area is 72.0 Å². The van der Waals surface area contributed by atoms with Gasteiger partial charge in [0.05, 0.1) is 11.4 Å². The van der Waals surface area contributed by atoms with Gasteiger partial charge < -0.3 is 11.5 Å². The summed E-state index contributed by atoms with van der Waals surface area (Å²) in [5.74, 6) is 1.14. The quantitative estimate of drug-likeness (QED) is 0.654.